The Labute approximate surface area is 124 Å². The van der Waals surface area contributed by atoms with Crippen molar-refractivity contribution in [2.24, 2.45) is 0 Å². The van der Waals surface area contributed by atoms with Crippen LogP contribution in [0.4, 0.5) is 0 Å². The van der Waals surface area contributed by atoms with Crippen molar-refractivity contribution in [2.45, 2.75) is 6.04 Å². The van der Waals surface area contributed by atoms with Crippen LogP contribution in [0.15, 0.2) is 53.1 Å². The smallest absolute Gasteiger partial charge is 0.287 e. The molecular weight excluding hydrogens is 290 g/mol. The molecule has 0 radical (unpaired) electrons. The highest BCUT2D eigenvalue weighted by Crippen LogP contribution is 2.33. The van der Waals surface area contributed by atoms with Crippen LogP contribution in [0, 0.1) is 0 Å². The highest BCUT2D eigenvalue weighted by Gasteiger charge is 2.37. The van der Waals surface area contributed by atoms with Gasteiger partial charge in [0.15, 0.2) is 5.76 Å². The normalized spacial score (nSPS) is 17.9. The minimum Gasteiger partial charge on any atom is -0.508 e. The van der Waals surface area contributed by atoms with Crippen molar-refractivity contribution >= 4 is 23.0 Å². The van der Waals surface area contributed by atoms with Crippen molar-refractivity contribution in [2.75, 3.05) is 0 Å². The third-order valence-corrected chi connectivity index (χ3v) is 4.12. The Hall–Kier alpha value is -2.60. The molecule has 0 bridgehead atoms. The average molecular weight is 301 g/mol. The van der Waals surface area contributed by atoms with Crippen LogP contribution in [0.3, 0.4) is 0 Å². The van der Waals surface area contributed by atoms with Crippen LogP contribution < -0.4 is 5.32 Å². The standard InChI is InChI=1S/C15H11NO4S/c17-9-5-3-8(4-6-9)12-11(14(19)15(20)16-12)13(18)10-2-1-7-21-10/h1-7,12,17,19H,(H,16,20). The van der Waals surface area contributed by atoms with Crippen molar-refractivity contribution in [3.63, 3.8) is 0 Å². The second kappa shape index (κ2) is 5.06. The number of thiophene rings is 1. The Balaban J connectivity index is 2.03. The molecule has 1 aliphatic heterocycles. The zero-order valence-corrected chi connectivity index (χ0v) is 11.6. The van der Waals surface area contributed by atoms with Gasteiger partial charge in [-0.2, -0.15) is 0 Å². The third-order valence-electron chi connectivity index (χ3n) is 3.25. The number of aliphatic hydroxyl groups excluding tert-OH is 1. The van der Waals surface area contributed by atoms with Gasteiger partial charge in [-0.3, -0.25) is 9.59 Å². The molecule has 0 fully saturated rings. The topological polar surface area (TPSA) is 86.6 Å². The molecule has 2 heterocycles. The number of aliphatic hydroxyl groups is 1. The minimum atomic E-state index is -0.715. The van der Waals surface area contributed by atoms with Gasteiger partial charge in [-0.05, 0) is 29.1 Å². The first kappa shape index (κ1) is 13.4. The fourth-order valence-electron chi connectivity index (χ4n) is 2.23. The van der Waals surface area contributed by atoms with Crippen LogP contribution >= 0.6 is 11.3 Å². The van der Waals surface area contributed by atoms with E-state index in [4.69, 9.17) is 0 Å². The Morgan fingerprint density at radius 1 is 1.14 bits per heavy atom. The van der Waals surface area contributed by atoms with E-state index in [1.807, 2.05) is 0 Å². The van der Waals surface area contributed by atoms with Crippen molar-refractivity contribution in [1.29, 1.82) is 0 Å². The van der Waals surface area contributed by atoms with E-state index in [0.717, 1.165) is 0 Å². The lowest BCUT2D eigenvalue weighted by Gasteiger charge is -2.14. The van der Waals surface area contributed by atoms with Gasteiger partial charge in [-0.15, -0.1) is 11.3 Å². The summed E-state index contributed by atoms with van der Waals surface area (Å²) in [4.78, 5) is 24.6. The molecule has 3 rings (SSSR count). The summed E-state index contributed by atoms with van der Waals surface area (Å²) in [7, 11) is 0. The number of amides is 1. The van der Waals surface area contributed by atoms with E-state index in [2.05, 4.69) is 5.32 Å². The quantitative estimate of drug-likeness (QED) is 0.759. The third kappa shape index (κ3) is 2.30. The van der Waals surface area contributed by atoms with Crippen molar-refractivity contribution in [3.8, 4) is 5.75 Å². The van der Waals surface area contributed by atoms with Gasteiger partial charge in [0.05, 0.1) is 16.5 Å². The molecule has 1 atom stereocenters. The number of carbonyl (C=O) groups is 2. The Kier molecular flexibility index (Phi) is 3.23. The lowest BCUT2D eigenvalue weighted by Crippen LogP contribution is -2.23. The zero-order chi connectivity index (χ0) is 15.0. The molecule has 1 amide bonds. The highest BCUT2D eigenvalue weighted by atomic mass is 32.1. The fourth-order valence-corrected chi connectivity index (χ4v) is 2.90. The summed E-state index contributed by atoms with van der Waals surface area (Å²) in [6.45, 7) is 0. The predicted octanol–water partition coefficient (Wildman–Crippen LogP) is 2.32. The molecule has 2 aromatic rings. The summed E-state index contributed by atoms with van der Waals surface area (Å²) in [6, 6.07) is 8.78. The molecular formula is C15H11NO4S. The number of hydrogen-bond acceptors (Lipinski definition) is 5. The second-order valence-corrected chi connectivity index (χ2v) is 5.51. The van der Waals surface area contributed by atoms with Gasteiger partial charge in [0.25, 0.3) is 5.91 Å². The molecule has 6 heteroatoms. The van der Waals surface area contributed by atoms with Crippen LogP contribution in [-0.2, 0) is 4.79 Å². The Bertz CT molecular complexity index is 732. The van der Waals surface area contributed by atoms with Crippen LogP contribution in [0.5, 0.6) is 5.75 Å². The summed E-state index contributed by atoms with van der Waals surface area (Å²) in [5, 5.41) is 23.6. The first-order valence-electron chi connectivity index (χ1n) is 6.19. The average Bonchev–Trinajstić information content (AvgIpc) is 3.09. The SMILES string of the molecule is O=C1NC(c2ccc(O)cc2)C(C(=O)c2cccs2)=C1O. The number of ketones is 1. The molecule has 1 aromatic heterocycles. The highest BCUT2D eigenvalue weighted by molar-refractivity contribution is 7.12. The zero-order valence-electron chi connectivity index (χ0n) is 10.7. The largest absolute Gasteiger partial charge is 0.508 e. The van der Waals surface area contributed by atoms with E-state index in [-0.39, 0.29) is 17.1 Å². The fraction of sp³-hybridized carbons (Fsp3) is 0.0667. The number of aromatic hydroxyl groups is 1. The van der Waals surface area contributed by atoms with Crippen molar-refractivity contribution < 1.29 is 19.8 Å². The molecule has 0 saturated carbocycles. The van der Waals surface area contributed by atoms with Crippen molar-refractivity contribution in [1.82, 2.24) is 5.32 Å². The van der Waals surface area contributed by atoms with E-state index < -0.39 is 17.7 Å². The molecule has 21 heavy (non-hydrogen) atoms. The Morgan fingerprint density at radius 2 is 1.86 bits per heavy atom. The number of Topliss-reactive ketones (excluding diaryl/α,β-unsaturated/α-hetero) is 1. The number of benzene rings is 1. The van der Waals surface area contributed by atoms with Gasteiger partial charge in [0, 0.05) is 0 Å². The molecule has 106 valence electrons. The molecule has 0 aliphatic carbocycles. The molecule has 1 aromatic carbocycles. The number of nitrogens with one attached hydrogen (secondary N) is 1. The minimum absolute atomic E-state index is 0.0353. The van der Waals surface area contributed by atoms with Crippen LogP contribution in [0.2, 0.25) is 0 Å². The summed E-state index contributed by atoms with van der Waals surface area (Å²) < 4.78 is 0. The molecule has 0 spiro atoms. The number of phenols is 1. The molecule has 3 N–H and O–H groups in total. The first-order valence-corrected chi connectivity index (χ1v) is 7.07. The lowest BCUT2D eigenvalue weighted by atomic mass is 9.96. The molecule has 5 nitrogen and oxygen atoms in total. The predicted molar refractivity (Wildman–Crippen MR) is 77.3 cm³/mol. The van der Waals surface area contributed by atoms with Gasteiger partial charge in [0.1, 0.15) is 5.75 Å². The lowest BCUT2D eigenvalue weighted by molar-refractivity contribution is -0.119. The van der Waals surface area contributed by atoms with E-state index in [1.54, 1.807) is 29.6 Å². The van der Waals surface area contributed by atoms with E-state index >= 15 is 0 Å². The monoisotopic (exact) mass is 301 g/mol. The van der Waals surface area contributed by atoms with Crippen LogP contribution in [-0.4, -0.2) is 21.9 Å². The van der Waals surface area contributed by atoms with Crippen LogP contribution in [0.1, 0.15) is 21.3 Å². The number of carbonyl (C=O) groups excluding carboxylic acids is 2. The van der Waals surface area contributed by atoms with Gasteiger partial charge in [0.2, 0.25) is 5.78 Å². The van der Waals surface area contributed by atoms with Gasteiger partial charge in [-0.25, -0.2) is 0 Å². The molecule has 1 unspecified atom stereocenters. The number of rotatable bonds is 3. The van der Waals surface area contributed by atoms with Gasteiger partial charge >= 0.3 is 0 Å². The summed E-state index contributed by atoms with van der Waals surface area (Å²) in [5.41, 5.74) is 0.651. The Morgan fingerprint density at radius 3 is 2.48 bits per heavy atom. The number of hydrogen-bond donors (Lipinski definition) is 3. The maximum Gasteiger partial charge on any atom is 0.287 e. The van der Waals surface area contributed by atoms with E-state index in [0.29, 0.717) is 10.4 Å². The first-order chi connectivity index (χ1) is 10.1. The van der Waals surface area contributed by atoms with E-state index in [1.165, 1.54) is 23.5 Å². The number of phenolic OH excluding ortho intramolecular Hbond substituents is 1. The second-order valence-electron chi connectivity index (χ2n) is 4.57. The van der Waals surface area contributed by atoms with E-state index in [9.17, 15) is 19.8 Å². The van der Waals surface area contributed by atoms with Gasteiger partial charge < -0.3 is 15.5 Å². The summed E-state index contributed by atoms with van der Waals surface area (Å²) in [6.07, 6.45) is 0. The maximum atomic E-state index is 12.5. The molecule has 0 saturated heterocycles. The van der Waals surface area contributed by atoms with Crippen LogP contribution in [0.25, 0.3) is 0 Å². The summed E-state index contributed by atoms with van der Waals surface area (Å²) in [5.74, 6) is -1.51. The maximum absolute atomic E-state index is 12.5. The van der Waals surface area contributed by atoms with Gasteiger partial charge in [-0.1, -0.05) is 18.2 Å². The molecule has 1 aliphatic rings. The summed E-state index contributed by atoms with van der Waals surface area (Å²) >= 11 is 1.25. The van der Waals surface area contributed by atoms with Crippen molar-refractivity contribution in [3.05, 3.63) is 63.6 Å².